The molecule has 3 rings (SSSR count). The van der Waals surface area contributed by atoms with Crippen molar-refractivity contribution in [3.05, 3.63) is 47.5 Å². The number of benzene rings is 1. The number of aliphatic imine (C=N–C) groups is 1. The Labute approximate surface area is 203 Å². The van der Waals surface area contributed by atoms with E-state index < -0.39 is 0 Å². The summed E-state index contributed by atoms with van der Waals surface area (Å²) in [5.41, 5.74) is 1.21. The Balaban J connectivity index is 0.00000341. The summed E-state index contributed by atoms with van der Waals surface area (Å²) < 4.78 is 7.88. The first-order chi connectivity index (χ1) is 14.6. The van der Waals surface area contributed by atoms with E-state index in [9.17, 15) is 0 Å². The van der Waals surface area contributed by atoms with Gasteiger partial charge in [0.1, 0.15) is 12.4 Å². The summed E-state index contributed by atoms with van der Waals surface area (Å²) in [4.78, 5) is 4.79. The molecule has 1 aliphatic rings. The van der Waals surface area contributed by atoms with E-state index in [1.165, 1.54) is 37.7 Å². The second kappa shape index (κ2) is 13.7. The highest BCUT2D eigenvalue weighted by Crippen LogP contribution is 2.17. The topological polar surface area (TPSA) is 76.4 Å². The Hall–Kier alpha value is -1.68. The molecule has 0 spiro atoms. The van der Waals surface area contributed by atoms with E-state index in [1.807, 2.05) is 36.7 Å². The number of hydrogen-bond acceptors (Lipinski definition) is 4. The van der Waals surface area contributed by atoms with Crippen LogP contribution in [-0.2, 0) is 24.9 Å². The van der Waals surface area contributed by atoms with Gasteiger partial charge in [0, 0.05) is 19.6 Å². The summed E-state index contributed by atoms with van der Waals surface area (Å²) in [6.07, 6.45) is 6.33. The van der Waals surface area contributed by atoms with Crippen LogP contribution in [0.15, 0.2) is 35.3 Å². The zero-order chi connectivity index (χ0) is 21.2. The fourth-order valence-electron chi connectivity index (χ4n) is 3.61. The zero-order valence-corrected chi connectivity index (χ0v) is 21.3. The molecule has 0 amide bonds. The Morgan fingerprint density at radius 3 is 2.61 bits per heavy atom. The van der Waals surface area contributed by atoms with E-state index in [2.05, 4.69) is 39.9 Å². The van der Waals surface area contributed by atoms with Crippen molar-refractivity contribution in [3.63, 3.8) is 0 Å². The third kappa shape index (κ3) is 8.76. The molecule has 1 fully saturated rings. The second-order valence-electron chi connectivity index (χ2n) is 8.35. The molecule has 1 saturated carbocycles. The lowest BCUT2D eigenvalue weighted by atomic mass is 9.96. The molecule has 7 nitrogen and oxygen atoms in total. The van der Waals surface area contributed by atoms with Crippen LogP contribution < -0.4 is 10.6 Å². The molecule has 1 atom stereocenters. The molecular weight excluding hydrogens is 503 g/mol. The molecule has 2 aromatic rings. The van der Waals surface area contributed by atoms with Crippen molar-refractivity contribution in [2.24, 2.45) is 18.0 Å². The van der Waals surface area contributed by atoms with Gasteiger partial charge in [-0.1, -0.05) is 56.5 Å². The van der Waals surface area contributed by atoms with Gasteiger partial charge in [0.05, 0.1) is 13.2 Å². The van der Waals surface area contributed by atoms with E-state index in [0.717, 1.165) is 24.2 Å². The lowest BCUT2D eigenvalue weighted by Crippen LogP contribution is -2.45. The van der Waals surface area contributed by atoms with Gasteiger partial charge in [0.15, 0.2) is 11.8 Å². The average molecular weight is 540 g/mol. The summed E-state index contributed by atoms with van der Waals surface area (Å²) in [6, 6.07) is 10.8. The number of aromatic nitrogens is 3. The van der Waals surface area contributed by atoms with E-state index in [1.54, 1.807) is 0 Å². The fourth-order valence-corrected chi connectivity index (χ4v) is 3.61. The molecule has 0 radical (unpaired) electrons. The van der Waals surface area contributed by atoms with Gasteiger partial charge in [-0.05, 0) is 31.2 Å². The van der Waals surface area contributed by atoms with Gasteiger partial charge in [-0.15, -0.1) is 34.2 Å². The maximum absolute atomic E-state index is 5.89. The highest BCUT2D eigenvalue weighted by atomic mass is 127. The number of guanidine groups is 1. The van der Waals surface area contributed by atoms with E-state index >= 15 is 0 Å². The smallest absolute Gasteiger partial charge is 0.191 e. The molecule has 1 aromatic heterocycles. The van der Waals surface area contributed by atoms with Gasteiger partial charge >= 0.3 is 0 Å². The van der Waals surface area contributed by atoms with Gasteiger partial charge < -0.3 is 19.9 Å². The van der Waals surface area contributed by atoms with Crippen molar-refractivity contribution in [3.8, 4) is 0 Å². The normalized spacial score (nSPS) is 15.9. The number of nitrogens with zero attached hydrogens (tertiary/aromatic N) is 4. The van der Waals surface area contributed by atoms with Crippen LogP contribution in [-0.4, -0.2) is 39.9 Å². The van der Waals surface area contributed by atoms with Gasteiger partial charge in [-0.3, -0.25) is 0 Å². The van der Waals surface area contributed by atoms with Crippen molar-refractivity contribution in [2.75, 3.05) is 13.2 Å². The van der Waals surface area contributed by atoms with Crippen LogP contribution in [0, 0.1) is 12.8 Å². The molecule has 0 aliphatic heterocycles. The monoisotopic (exact) mass is 540 g/mol. The SMILES string of the molecule is Cc1nnc(CN=C(NCC(C)COCc2ccccc2)NC2CCCCC2)n1C.I. The Morgan fingerprint density at radius 2 is 1.94 bits per heavy atom. The second-order valence-corrected chi connectivity index (χ2v) is 8.35. The number of rotatable bonds is 9. The number of nitrogens with one attached hydrogen (secondary N) is 2. The van der Waals surface area contributed by atoms with Crippen LogP contribution in [0.1, 0.15) is 56.2 Å². The summed E-state index contributed by atoms with van der Waals surface area (Å²) in [5, 5.41) is 15.5. The molecule has 1 heterocycles. The van der Waals surface area contributed by atoms with Crippen molar-refractivity contribution in [1.29, 1.82) is 0 Å². The molecule has 0 saturated heterocycles. The van der Waals surface area contributed by atoms with E-state index in [-0.39, 0.29) is 24.0 Å². The predicted octanol–water partition coefficient (Wildman–Crippen LogP) is 3.96. The zero-order valence-electron chi connectivity index (χ0n) is 19.0. The minimum absolute atomic E-state index is 0. The number of halogens is 1. The van der Waals surface area contributed by atoms with Gasteiger partial charge in [0.25, 0.3) is 0 Å². The first-order valence-electron chi connectivity index (χ1n) is 11.1. The van der Waals surface area contributed by atoms with E-state index in [0.29, 0.717) is 31.7 Å². The quantitative estimate of drug-likeness (QED) is 0.286. The van der Waals surface area contributed by atoms with Crippen LogP contribution in [0.25, 0.3) is 0 Å². The van der Waals surface area contributed by atoms with Crippen molar-refractivity contribution in [2.45, 2.75) is 65.1 Å². The highest BCUT2D eigenvalue weighted by molar-refractivity contribution is 14.0. The van der Waals surface area contributed by atoms with Gasteiger partial charge in [-0.25, -0.2) is 4.99 Å². The summed E-state index contributed by atoms with van der Waals surface area (Å²) in [7, 11) is 1.98. The average Bonchev–Trinajstić information content (AvgIpc) is 3.09. The van der Waals surface area contributed by atoms with Crippen molar-refractivity contribution >= 4 is 29.9 Å². The molecule has 1 aliphatic carbocycles. The molecule has 31 heavy (non-hydrogen) atoms. The molecule has 0 bridgehead atoms. The third-order valence-corrected chi connectivity index (χ3v) is 5.64. The third-order valence-electron chi connectivity index (χ3n) is 5.64. The largest absolute Gasteiger partial charge is 0.376 e. The molecule has 1 unspecified atom stereocenters. The maximum atomic E-state index is 5.89. The van der Waals surface area contributed by atoms with Crippen LogP contribution in [0.4, 0.5) is 0 Å². The molecule has 1 aromatic carbocycles. The minimum atomic E-state index is 0. The first kappa shape index (κ1) is 25.6. The van der Waals surface area contributed by atoms with Crippen molar-refractivity contribution in [1.82, 2.24) is 25.4 Å². The van der Waals surface area contributed by atoms with E-state index in [4.69, 9.17) is 9.73 Å². The number of ether oxygens (including phenoxy) is 1. The Bertz CT molecular complexity index is 789. The highest BCUT2D eigenvalue weighted by Gasteiger charge is 2.15. The van der Waals surface area contributed by atoms with Gasteiger partial charge in [0.2, 0.25) is 0 Å². The van der Waals surface area contributed by atoms with Gasteiger partial charge in [-0.2, -0.15) is 0 Å². The number of hydrogen-bond donors (Lipinski definition) is 2. The summed E-state index contributed by atoms with van der Waals surface area (Å²) in [5.74, 6) is 3.01. The van der Waals surface area contributed by atoms with Crippen LogP contribution in [0.5, 0.6) is 0 Å². The minimum Gasteiger partial charge on any atom is -0.376 e. The summed E-state index contributed by atoms with van der Waals surface area (Å²) >= 11 is 0. The Morgan fingerprint density at radius 1 is 1.19 bits per heavy atom. The lowest BCUT2D eigenvalue weighted by molar-refractivity contribution is 0.0931. The van der Waals surface area contributed by atoms with Crippen LogP contribution in [0.3, 0.4) is 0 Å². The lowest BCUT2D eigenvalue weighted by Gasteiger charge is -2.25. The standard InChI is InChI=1S/C23H36N6O.HI/c1-18(16-30-17-20-10-6-4-7-11-20)14-24-23(26-21-12-8-5-9-13-21)25-15-22-28-27-19(2)29(22)3;/h4,6-7,10-11,18,21H,5,8-9,12-17H2,1-3H3,(H2,24,25,26);1H. The fraction of sp³-hybridized carbons (Fsp3) is 0.609. The number of aryl methyl sites for hydroxylation is 1. The predicted molar refractivity (Wildman–Crippen MR) is 136 cm³/mol. The Kier molecular flexibility index (Phi) is 11.3. The molecular formula is C23H37IN6O. The maximum Gasteiger partial charge on any atom is 0.191 e. The summed E-state index contributed by atoms with van der Waals surface area (Å²) in [6.45, 7) is 6.83. The first-order valence-corrected chi connectivity index (χ1v) is 11.1. The van der Waals surface area contributed by atoms with Crippen LogP contribution in [0.2, 0.25) is 0 Å². The van der Waals surface area contributed by atoms with Crippen molar-refractivity contribution < 1.29 is 4.74 Å². The molecule has 8 heteroatoms. The van der Waals surface area contributed by atoms with Crippen LogP contribution >= 0.6 is 24.0 Å². The molecule has 172 valence electrons. The molecule has 2 N–H and O–H groups in total.